The lowest BCUT2D eigenvalue weighted by molar-refractivity contribution is 0.0913. The van der Waals surface area contributed by atoms with E-state index in [4.69, 9.17) is 0 Å². The molecule has 1 amide bonds. The van der Waals surface area contributed by atoms with Gasteiger partial charge in [0.05, 0.1) is 17.3 Å². The van der Waals surface area contributed by atoms with Gasteiger partial charge < -0.3 is 10.6 Å². The minimum absolute atomic E-state index is 0.210. The van der Waals surface area contributed by atoms with Crippen molar-refractivity contribution in [1.82, 2.24) is 25.6 Å². The van der Waals surface area contributed by atoms with Gasteiger partial charge in [-0.1, -0.05) is 65.9 Å². The first-order chi connectivity index (χ1) is 14.1. The summed E-state index contributed by atoms with van der Waals surface area (Å²) in [5.41, 5.74) is 2.57. The van der Waals surface area contributed by atoms with Crippen LogP contribution in [0.2, 0.25) is 0 Å². The van der Waals surface area contributed by atoms with Gasteiger partial charge in [-0.3, -0.25) is 4.79 Å². The predicted octanol–water partition coefficient (Wildman–Crippen LogP) is 3.20. The molecular formula is C23H27N5O. The van der Waals surface area contributed by atoms with Gasteiger partial charge in [0.2, 0.25) is 0 Å². The van der Waals surface area contributed by atoms with Crippen molar-refractivity contribution in [2.45, 2.75) is 38.3 Å². The Morgan fingerprint density at radius 3 is 2.14 bits per heavy atom. The molecule has 1 aromatic heterocycles. The lowest BCUT2D eigenvalue weighted by Gasteiger charge is -2.32. The van der Waals surface area contributed by atoms with Crippen LogP contribution in [0.25, 0.3) is 0 Å². The number of nitrogens with zero attached hydrogens (tertiary/aromatic N) is 3. The van der Waals surface area contributed by atoms with Crippen molar-refractivity contribution >= 4 is 5.91 Å². The molecule has 2 heterocycles. The van der Waals surface area contributed by atoms with Crippen molar-refractivity contribution in [3.8, 4) is 0 Å². The number of aromatic nitrogens is 3. The molecule has 1 fully saturated rings. The first-order valence-corrected chi connectivity index (χ1v) is 10.2. The monoisotopic (exact) mass is 389 g/mol. The summed E-state index contributed by atoms with van der Waals surface area (Å²) in [6.07, 6.45) is 1.99. The van der Waals surface area contributed by atoms with Crippen molar-refractivity contribution < 1.29 is 4.79 Å². The molecule has 1 aliphatic heterocycles. The number of amides is 1. The van der Waals surface area contributed by atoms with Crippen molar-refractivity contribution in [2.75, 3.05) is 13.1 Å². The molecule has 0 saturated carbocycles. The van der Waals surface area contributed by atoms with Gasteiger partial charge in [0, 0.05) is 0 Å². The molecule has 2 aromatic carbocycles. The highest BCUT2D eigenvalue weighted by Crippen LogP contribution is 2.30. The van der Waals surface area contributed by atoms with Crippen LogP contribution in [-0.2, 0) is 5.54 Å². The second kappa shape index (κ2) is 8.17. The van der Waals surface area contributed by atoms with Crippen LogP contribution in [0, 0.1) is 6.92 Å². The maximum absolute atomic E-state index is 13.3. The van der Waals surface area contributed by atoms with Crippen LogP contribution in [-0.4, -0.2) is 34.0 Å². The van der Waals surface area contributed by atoms with Gasteiger partial charge in [-0.2, -0.15) is 0 Å². The van der Waals surface area contributed by atoms with Gasteiger partial charge in [-0.25, -0.2) is 4.68 Å². The van der Waals surface area contributed by atoms with Crippen LogP contribution in [0.5, 0.6) is 0 Å². The third-order valence-electron chi connectivity index (χ3n) is 5.86. The Kier molecular flexibility index (Phi) is 5.45. The number of carbonyl (C=O) groups is 1. The second-order valence-electron chi connectivity index (χ2n) is 7.76. The van der Waals surface area contributed by atoms with E-state index in [1.54, 1.807) is 0 Å². The van der Waals surface area contributed by atoms with Gasteiger partial charge in [-0.05, 0) is 50.9 Å². The van der Waals surface area contributed by atoms with E-state index in [-0.39, 0.29) is 5.91 Å². The first-order valence-electron chi connectivity index (χ1n) is 10.2. The number of nitrogens with one attached hydrogen (secondary N) is 2. The van der Waals surface area contributed by atoms with Gasteiger partial charge in [0.1, 0.15) is 0 Å². The molecule has 1 aliphatic rings. The van der Waals surface area contributed by atoms with E-state index in [1.165, 1.54) is 0 Å². The normalized spacial score (nSPS) is 15.2. The quantitative estimate of drug-likeness (QED) is 0.703. The number of piperidine rings is 1. The minimum Gasteiger partial charge on any atom is -0.337 e. The van der Waals surface area contributed by atoms with E-state index in [1.807, 2.05) is 79.2 Å². The molecule has 2 N–H and O–H groups in total. The number of hydrogen-bond acceptors (Lipinski definition) is 4. The summed E-state index contributed by atoms with van der Waals surface area (Å²) in [4.78, 5) is 13.3. The molecule has 0 bridgehead atoms. The average Bonchev–Trinajstić information content (AvgIpc) is 3.17. The molecule has 0 spiro atoms. The van der Waals surface area contributed by atoms with Crippen LogP contribution in [0.4, 0.5) is 0 Å². The molecule has 4 rings (SSSR count). The van der Waals surface area contributed by atoms with Crippen molar-refractivity contribution in [3.05, 3.63) is 83.2 Å². The Morgan fingerprint density at radius 1 is 1.03 bits per heavy atom. The topological polar surface area (TPSA) is 71.8 Å². The SMILES string of the molecule is Cc1c(C(=O)NC(C)(c2ccccc2)c2ccccc2)nnn1C1CCNCC1. The van der Waals surface area contributed by atoms with E-state index in [0.29, 0.717) is 11.7 Å². The summed E-state index contributed by atoms with van der Waals surface area (Å²) in [5, 5.41) is 15.1. The summed E-state index contributed by atoms with van der Waals surface area (Å²) < 4.78 is 1.91. The van der Waals surface area contributed by atoms with Crippen LogP contribution in [0.1, 0.15) is 53.1 Å². The zero-order valence-corrected chi connectivity index (χ0v) is 16.9. The summed E-state index contributed by atoms with van der Waals surface area (Å²) in [7, 11) is 0. The van der Waals surface area contributed by atoms with Gasteiger partial charge in [-0.15, -0.1) is 5.10 Å². The van der Waals surface area contributed by atoms with Crippen molar-refractivity contribution in [3.63, 3.8) is 0 Å². The Balaban J connectivity index is 1.65. The molecular weight excluding hydrogens is 362 g/mol. The van der Waals surface area contributed by atoms with E-state index in [0.717, 1.165) is 42.8 Å². The Labute approximate surface area is 171 Å². The molecule has 6 nitrogen and oxygen atoms in total. The number of rotatable bonds is 5. The van der Waals surface area contributed by atoms with Crippen molar-refractivity contribution in [2.24, 2.45) is 0 Å². The molecule has 1 saturated heterocycles. The van der Waals surface area contributed by atoms with Crippen LogP contribution < -0.4 is 10.6 Å². The molecule has 6 heteroatoms. The number of carbonyl (C=O) groups excluding carboxylic acids is 1. The summed E-state index contributed by atoms with van der Waals surface area (Å²) in [5.74, 6) is -0.210. The number of hydrogen-bond donors (Lipinski definition) is 2. The van der Waals surface area contributed by atoms with E-state index in [2.05, 4.69) is 20.9 Å². The fraction of sp³-hybridized carbons (Fsp3) is 0.348. The standard InChI is InChI=1S/C23H27N5O/c1-17-21(26-27-28(17)20-13-15-24-16-14-20)22(29)25-23(2,18-9-5-3-6-10-18)19-11-7-4-8-12-19/h3-12,20,24H,13-16H2,1-2H3,(H,25,29). The maximum atomic E-state index is 13.3. The third kappa shape index (κ3) is 3.80. The molecule has 150 valence electrons. The molecule has 3 aromatic rings. The van der Waals surface area contributed by atoms with Crippen LogP contribution in [0.3, 0.4) is 0 Å². The van der Waals surface area contributed by atoms with Crippen LogP contribution in [0.15, 0.2) is 60.7 Å². The average molecular weight is 390 g/mol. The molecule has 0 radical (unpaired) electrons. The summed E-state index contributed by atoms with van der Waals surface area (Å²) in [6.45, 7) is 5.89. The highest BCUT2D eigenvalue weighted by molar-refractivity contribution is 5.94. The smallest absolute Gasteiger partial charge is 0.274 e. The van der Waals surface area contributed by atoms with Gasteiger partial charge >= 0.3 is 0 Å². The van der Waals surface area contributed by atoms with E-state index >= 15 is 0 Å². The maximum Gasteiger partial charge on any atom is 0.274 e. The van der Waals surface area contributed by atoms with Crippen LogP contribution >= 0.6 is 0 Å². The zero-order chi connectivity index (χ0) is 20.3. The van der Waals surface area contributed by atoms with Crippen molar-refractivity contribution in [1.29, 1.82) is 0 Å². The third-order valence-corrected chi connectivity index (χ3v) is 5.86. The Hall–Kier alpha value is -2.99. The predicted molar refractivity (Wildman–Crippen MR) is 113 cm³/mol. The fourth-order valence-corrected chi connectivity index (χ4v) is 4.09. The van der Waals surface area contributed by atoms with E-state index in [9.17, 15) is 4.79 Å². The molecule has 29 heavy (non-hydrogen) atoms. The number of benzene rings is 2. The van der Waals surface area contributed by atoms with E-state index < -0.39 is 5.54 Å². The molecule has 0 atom stereocenters. The second-order valence-corrected chi connectivity index (χ2v) is 7.76. The zero-order valence-electron chi connectivity index (χ0n) is 16.9. The summed E-state index contributed by atoms with van der Waals surface area (Å²) >= 11 is 0. The minimum atomic E-state index is -0.676. The molecule has 0 aliphatic carbocycles. The lowest BCUT2D eigenvalue weighted by Crippen LogP contribution is -2.44. The Morgan fingerprint density at radius 2 is 1.59 bits per heavy atom. The first kappa shape index (κ1) is 19.3. The van der Waals surface area contributed by atoms with Gasteiger partial charge in [0.25, 0.3) is 5.91 Å². The largest absolute Gasteiger partial charge is 0.337 e. The Bertz CT molecular complexity index is 922. The highest BCUT2D eigenvalue weighted by Gasteiger charge is 2.33. The molecule has 0 unspecified atom stereocenters. The fourth-order valence-electron chi connectivity index (χ4n) is 4.09. The van der Waals surface area contributed by atoms with Gasteiger partial charge in [0.15, 0.2) is 5.69 Å². The lowest BCUT2D eigenvalue weighted by atomic mass is 9.84. The summed E-state index contributed by atoms with van der Waals surface area (Å²) in [6, 6.07) is 20.3. The highest BCUT2D eigenvalue weighted by atomic mass is 16.2.